The topological polar surface area (TPSA) is 18.5 Å². The van der Waals surface area contributed by atoms with Crippen molar-refractivity contribution in [2.45, 2.75) is 71.6 Å². The maximum Gasteiger partial charge on any atom is 0.0647 e. The Morgan fingerprint density at radius 2 is 1.30 bits per heavy atom. The van der Waals surface area contributed by atoms with E-state index in [9.17, 15) is 0 Å². The van der Waals surface area contributed by atoms with E-state index in [-0.39, 0.29) is 0 Å². The van der Waals surface area contributed by atoms with E-state index in [1.54, 1.807) is 0 Å². The quantitative estimate of drug-likeness (QED) is 0.405. The van der Waals surface area contributed by atoms with Gasteiger partial charge in [0.25, 0.3) is 0 Å². The molecule has 0 spiro atoms. The molecule has 0 amide bonds. The summed E-state index contributed by atoms with van der Waals surface area (Å²) in [6.45, 7) is 7.97. The standard InChI is InChI=1S/C21H38O2/c1-3-5-15-23-17-19-8-12-21(13-9-19)20-10-6-18(7-11-20)16-22-14-4-2/h3,5,18-21H,4,6-17H2,1-2H3/b5-3-/t18-,19?,20-,21?. The lowest BCUT2D eigenvalue weighted by Crippen LogP contribution is -2.28. The Hall–Kier alpha value is -0.340. The first-order valence-electron chi connectivity index (χ1n) is 10.1. The molecule has 134 valence electrons. The van der Waals surface area contributed by atoms with E-state index < -0.39 is 0 Å². The lowest BCUT2D eigenvalue weighted by atomic mass is 9.69. The third kappa shape index (κ3) is 6.97. The van der Waals surface area contributed by atoms with Crippen LogP contribution in [0.15, 0.2) is 12.2 Å². The molecule has 23 heavy (non-hydrogen) atoms. The number of ether oxygens (including phenoxy) is 2. The lowest BCUT2D eigenvalue weighted by Gasteiger charge is -2.37. The molecule has 2 aliphatic rings. The van der Waals surface area contributed by atoms with E-state index in [1.165, 1.54) is 51.4 Å². The Kier molecular flexibility index (Phi) is 9.29. The summed E-state index contributed by atoms with van der Waals surface area (Å²) in [6.07, 6.45) is 16.7. The Morgan fingerprint density at radius 3 is 1.78 bits per heavy atom. The molecule has 0 heterocycles. The molecule has 2 fully saturated rings. The average Bonchev–Trinajstić information content (AvgIpc) is 2.60. The molecule has 0 aromatic rings. The van der Waals surface area contributed by atoms with Gasteiger partial charge in [-0.05, 0) is 88.4 Å². The molecule has 0 atom stereocenters. The van der Waals surface area contributed by atoms with Crippen LogP contribution in [0.4, 0.5) is 0 Å². The van der Waals surface area contributed by atoms with Gasteiger partial charge in [-0.3, -0.25) is 0 Å². The van der Waals surface area contributed by atoms with Crippen LogP contribution in [0.3, 0.4) is 0 Å². The Morgan fingerprint density at radius 1 is 0.783 bits per heavy atom. The zero-order chi connectivity index (χ0) is 16.3. The Bertz CT molecular complexity index is 310. The summed E-state index contributed by atoms with van der Waals surface area (Å²) >= 11 is 0. The van der Waals surface area contributed by atoms with Crippen molar-refractivity contribution in [1.82, 2.24) is 0 Å². The van der Waals surface area contributed by atoms with Crippen LogP contribution in [-0.4, -0.2) is 26.4 Å². The summed E-state index contributed by atoms with van der Waals surface area (Å²) < 4.78 is 11.5. The molecule has 0 N–H and O–H groups in total. The van der Waals surface area contributed by atoms with Gasteiger partial charge in [0.05, 0.1) is 6.61 Å². The second-order valence-corrected chi connectivity index (χ2v) is 7.74. The van der Waals surface area contributed by atoms with Crippen LogP contribution in [0.2, 0.25) is 0 Å². The van der Waals surface area contributed by atoms with Crippen LogP contribution in [0.5, 0.6) is 0 Å². The number of hydrogen-bond acceptors (Lipinski definition) is 2. The molecule has 0 saturated heterocycles. The first kappa shape index (κ1) is 19.0. The Balaban J connectivity index is 1.57. The lowest BCUT2D eigenvalue weighted by molar-refractivity contribution is 0.0559. The maximum atomic E-state index is 5.75. The SMILES string of the molecule is C/C=C\COCC1CCC([C@H]2CC[C@H](COCCC)CC2)CC1. The highest BCUT2D eigenvalue weighted by molar-refractivity contribution is 4.82. The first-order valence-corrected chi connectivity index (χ1v) is 10.1. The van der Waals surface area contributed by atoms with E-state index in [0.717, 1.165) is 56.5 Å². The number of hydrogen-bond donors (Lipinski definition) is 0. The highest BCUT2D eigenvalue weighted by Crippen LogP contribution is 2.41. The summed E-state index contributed by atoms with van der Waals surface area (Å²) in [5, 5.41) is 0. The van der Waals surface area contributed by atoms with Crippen molar-refractivity contribution in [3.8, 4) is 0 Å². The monoisotopic (exact) mass is 322 g/mol. The molecule has 0 aromatic carbocycles. The van der Waals surface area contributed by atoms with Crippen molar-refractivity contribution >= 4 is 0 Å². The third-order valence-electron chi connectivity index (χ3n) is 5.95. The van der Waals surface area contributed by atoms with Crippen LogP contribution in [0.1, 0.15) is 71.6 Å². The fraction of sp³-hybridized carbons (Fsp3) is 0.905. The number of allylic oxidation sites excluding steroid dienone is 1. The van der Waals surface area contributed by atoms with Gasteiger partial charge >= 0.3 is 0 Å². The third-order valence-corrected chi connectivity index (χ3v) is 5.95. The van der Waals surface area contributed by atoms with Gasteiger partial charge < -0.3 is 9.47 Å². The minimum atomic E-state index is 0.792. The second-order valence-electron chi connectivity index (χ2n) is 7.74. The van der Waals surface area contributed by atoms with Crippen LogP contribution in [0, 0.1) is 23.7 Å². The summed E-state index contributed by atoms with van der Waals surface area (Å²) in [4.78, 5) is 0. The van der Waals surface area contributed by atoms with Crippen molar-refractivity contribution in [3.63, 3.8) is 0 Å². The fourth-order valence-electron chi connectivity index (χ4n) is 4.45. The van der Waals surface area contributed by atoms with Gasteiger partial charge in [0.15, 0.2) is 0 Å². The minimum absolute atomic E-state index is 0.792. The van der Waals surface area contributed by atoms with Crippen molar-refractivity contribution in [1.29, 1.82) is 0 Å². The average molecular weight is 323 g/mol. The van der Waals surface area contributed by atoms with Gasteiger partial charge in [-0.15, -0.1) is 0 Å². The van der Waals surface area contributed by atoms with Crippen LogP contribution < -0.4 is 0 Å². The van der Waals surface area contributed by atoms with Crippen molar-refractivity contribution in [2.75, 3.05) is 26.4 Å². The molecule has 2 rings (SSSR count). The molecule has 2 aliphatic carbocycles. The van der Waals surface area contributed by atoms with Crippen molar-refractivity contribution in [2.24, 2.45) is 23.7 Å². The zero-order valence-corrected chi connectivity index (χ0v) is 15.5. The molecular formula is C21H38O2. The van der Waals surface area contributed by atoms with Gasteiger partial charge in [-0.25, -0.2) is 0 Å². The minimum Gasteiger partial charge on any atom is -0.381 e. The van der Waals surface area contributed by atoms with Gasteiger partial charge in [0.2, 0.25) is 0 Å². The summed E-state index contributed by atoms with van der Waals surface area (Å²) in [5.41, 5.74) is 0. The van der Waals surface area contributed by atoms with E-state index in [0.29, 0.717) is 0 Å². The van der Waals surface area contributed by atoms with Crippen molar-refractivity contribution in [3.05, 3.63) is 12.2 Å². The molecule has 2 nitrogen and oxygen atoms in total. The Labute approximate surface area is 144 Å². The van der Waals surface area contributed by atoms with E-state index in [4.69, 9.17) is 9.47 Å². The smallest absolute Gasteiger partial charge is 0.0647 e. The maximum absolute atomic E-state index is 5.75. The van der Waals surface area contributed by atoms with E-state index in [2.05, 4.69) is 26.0 Å². The molecule has 2 heteroatoms. The molecule has 0 bridgehead atoms. The van der Waals surface area contributed by atoms with Crippen LogP contribution >= 0.6 is 0 Å². The normalized spacial score (nSPS) is 32.4. The zero-order valence-electron chi connectivity index (χ0n) is 15.5. The van der Waals surface area contributed by atoms with Gasteiger partial charge in [-0.1, -0.05) is 19.1 Å². The second kappa shape index (κ2) is 11.3. The molecule has 0 aromatic heterocycles. The summed E-state index contributed by atoms with van der Waals surface area (Å²) in [6, 6.07) is 0. The first-order chi connectivity index (χ1) is 11.3. The molecule has 2 saturated carbocycles. The fourth-order valence-corrected chi connectivity index (χ4v) is 4.45. The molecule has 0 unspecified atom stereocenters. The van der Waals surface area contributed by atoms with Crippen molar-refractivity contribution < 1.29 is 9.47 Å². The van der Waals surface area contributed by atoms with E-state index in [1.807, 2.05) is 0 Å². The molecular weight excluding hydrogens is 284 g/mol. The predicted octanol–water partition coefficient (Wildman–Crippen LogP) is 5.62. The molecule has 0 radical (unpaired) electrons. The predicted molar refractivity (Wildman–Crippen MR) is 97.6 cm³/mol. The summed E-state index contributed by atoms with van der Waals surface area (Å²) in [5.74, 6) is 3.66. The highest BCUT2D eigenvalue weighted by atomic mass is 16.5. The highest BCUT2D eigenvalue weighted by Gasteiger charge is 2.30. The summed E-state index contributed by atoms with van der Waals surface area (Å²) in [7, 11) is 0. The van der Waals surface area contributed by atoms with Gasteiger partial charge in [-0.2, -0.15) is 0 Å². The molecule has 0 aliphatic heterocycles. The van der Waals surface area contributed by atoms with Crippen LogP contribution in [-0.2, 0) is 9.47 Å². The van der Waals surface area contributed by atoms with E-state index >= 15 is 0 Å². The van der Waals surface area contributed by atoms with Crippen LogP contribution in [0.25, 0.3) is 0 Å². The largest absolute Gasteiger partial charge is 0.381 e. The van der Waals surface area contributed by atoms with Gasteiger partial charge in [0, 0.05) is 19.8 Å². The van der Waals surface area contributed by atoms with Gasteiger partial charge in [0.1, 0.15) is 0 Å². The number of rotatable bonds is 9.